The van der Waals surface area contributed by atoms with Crippen molar-refractivity contribution in [2.24, 2.45) is 0 Å². The zero-order valence-corrected chi connectivity index (χ0v) is 22.6. The largest absolute Gasteiger partial charge is 0.495 e. The van der Waals surface area contributed by atoms with E-state index in [4.69, 9.17) is 39.5 Å². The molecule has 0 bridgehead atoms. The standard InChI is InChI=1S/C24H22Cl3FN4O4S/c1-36-21-8-7-17(26)10-22(21)37(34,35)31-24(33)29-12-20(28)18-4-2-3-14-11-30-32(23(14)18)13-15-5-6-16(25)9-19(15)27/h5-11H,2-4,12-13H2,1H3,(H2,29,31,33). The van der Waals surface area contributed by atoms with Gasteiger partial charge in [0.25, 0.3) is 10.0 Å². The topological polar surface area (TPSA) is 102 Å². The third kappa shape index (κ3) is 6.20. The molecular weight excluding hydrogens is 566 g/mol. The number of hydrogen-bond donors (Lipinski definition) is 2. The molecule has 0 spiro atoms. The number of hydrogen-bond acceptors (Lipinski definition) is 5. The van der Waals surface area contributed by atoms with Crippen LogP contribution in [0.5, 0.6) is 5.75 Å². The van der Waals surface area contributed by atoms with Crippen LogP contribution in [0.25, 0.3) is 5.57 Å². The van der Waals surface area contributed by atoms with Gasteiger partial charge in [0.2, 0.25) is 0 Å². The fourth-order valence-corrected chi connectivity index (χ4v) is 5.89. The van der Waals surface area contributed by atoms with Crippen molar-refractivity contribution in [1.82, 2.24) is 19.8 Å². The van der Waals surface area contributed by atoms with Gasteiger partial charge in [-0.3, -0.25) is 4.68 Å². The first kappa shape index (κ1) is 27.3. The van der Waals surface area contributed by atoms with Crippen molar-refractivity contribution in [1.29, 1.82) is 0 Å². The number of amides is 2. The Labute approximate surface area is 228 Å². The Balaban J connectivity index is 1.51. The molecule has 1 aliphatic carbocycles. The predicted molar refractivity (Wildman–Crippen MR) is 140 cm³/mol. The summed E-state index contributed by atoms with van der Waals surface area (Å²) < 4.78 is 49.2. The first-order chi connectivity index (χ1) is 17.6. The van der Waals surface area contributed by atoms with E-state index in [1.54, 1.807) is 29.1 Å². The fraction of sp³-hybridized carbons (Fsp3) is 0.250. The summed E-state index contributed by atoms with van der Waals surface area (Å²) in [6.45, 7) is -0.217. The van der Waals surface area contributed by atoms with E-state index in [-0.39, 0.29) is 15.7 Å². The number of methoxy groups -OCH3 is 1. The van der Waals surface area contributed by atoms with Crippen LogP contribution in [0.3, 0.4) is 0 Å². The summed E-state index contributed by atoms with van der Waals surface area (Å²) in [5.41, 5.74) is 2.65. The van der Waals surface area contributed by atoms with Crippen LogP contribution < -0.4 is 14.8 Å². The van der Waals surface area contributed by atoms with E-state index < -0.39 is 28.4 Å². The summed E-state index contributed by atoms with van der Waals surface area (Å²) in [5, 5.41) is 7.79. The van der Waals surface area contributed by atoms with E-state index in [2.05, 4.69) is 10.4 Å². The average Bonchev–Trinajstić information content (AvgIpc) is 3.27. The Bertz CT molecular complexity index is 1490. The highest BCUT2D eigenvalue weighted by Gasteiger charge is 2.25. The minimum Gasteiger partial charge on any atom is -0.495 e. The van der Waals surface area contributed by atoms with Crippen LogP contribution in [0.2, 0.25) is 15.1 Å². The maximum Gasteiger partial charge on any atom is 0.329 e. The molecule has 196 valence electrons. The Hall–Kier alpha value is -2.79. The molecule has 13 heteroatoms. The zero-order chi connectivity index (χ0) is 26.7. The molecule has 2 aromatic carbocycles. The number of aryl methyl sites for hydroxylation is 1. The summed E-state index contributed by atoms with van der Waals surface area (Å²) in [6, 6.07) is 7.98. The average molecular weight is 588 g/mol. The van der Waals surface area contributed by atoms with E-state index in [1.165, 1.54) is 19.2 Å². The number of nitrogens with zero attached hydrogens (tertiary/aromatic N) is 2. The molecule has 4 rings (SSSR count). The molecule has 2 amide bonds. The van der Waals surface area contributed by atoms with E-state index >= 15 is 4.39 Å². The molecule has 2 N–H and O–H groups in total. The van der Waals surface area contributed by atoms with E-state index in [0.29, 0.717) is 40.7 Å². The van der Waals surface area contributed by atoms with E-state index in [1.807, 2.05) is 4.72 Å². The second-order valence-electron chi connectivity index (χ2n) is 8.23. The molecule has 0 fully saturated rings. The van der Waals surface area contributed by atoms with Gasteiger partial charge >= 0.3 is 6.03 Å². The molecule has 37 heavy (non-hydrogen) atoms. The molecule has 0 saturated carbocycles. The SMILES string of the molecule is COc1ccc(Cl)cc1S(=O)(=O)NC(=O)NCC(F)=C1CCCc2cnn(Cc3ccc(Cl)cc3Cl)c21. The van der Waals surface area contributed by atoms with Gasteiger partial charge in [-0.1, -0.05) is 40.9 Å². The van der Waals surface area contributed by atoms with Crippen LogP contribution in [0, 0.1) is 0 Å². The second-order valence-corrected chi connectivity index (χ2v) is 11.2. The predicted octanol–water partition coefficient (Wildman–Crippen LogP) is 5.61. The van der Waals surface area contributed by atoms with Crippen molar-refractivity contribution in [3.8, 4) is 5.75 Å². The van der Waals surface area contributed by atoms with Gasteiger partial charge in [-0.25, -0.2) is 22.3 Å². The third-order valence-electron chi connectivity index (χ3n) is 5.78. The van der Waals surface area contributed by atoms with Crippen molar-refractivity contribution in [2.75, 3.05) is 13.7 Å². The number of nitrogens with one attached hydrogen (secondary N) is 2. The molecule has 3 aromatic rings. The van der Waals surface area contributed by atoms with Gasteiger partial charge in [-0.15, -0.1) is 0 Å². The Kier molecular flexibility index (Phi) is 8.33. The summed E-state index contributed by atoms with van der Waals surface area (Å²) in [4.78, 5) is 12.0. The molecular formula is C24H22Cl3FN4O4S. The monoisotopic (exact) mass is 586 g/mol. The van der Waals surface area contributed by atoms with Crippen molar-refractivity contribution >= 4 is 56.4 Å². The summed E-state index contributed by atoms with van der Waals surface area (Å²) >= 11 is 18.2. The lowest BCUT2D eigenvalue weighted by molar-refractivity contribution is 0.246. The van der Waals surface area contributed by atoms with E-state index in [0.717, 1.165) is 23.6 Å². The number of ether oxygens (including phenoxy) is 1. The summed E-state index contributed by atoms with van der Waals surface area (Å²) in [7, 11) is -3.05. The number of fused-ring (bicyclic) bond motifs is 1. The van der Waals surface area contributed by atoms with Gasteiger partial charge in [0.1, 0.15) is 16.5 Å². The Morgan fingerprint density at radius 2 is 1.86 bits per heavy atom. The Morgan fingerprint density at radius 1 is 1.14 bits per heavy atom. The van der Waals surface area contributed by atoms with Crippen LogP contribution in [-0.4, -0.2) is 37.9 Å². The number of aromatic nitrogens is 2. The highest BCUT2D eigenvalue weighted by atomic mass is 35.5. The smallest absolute Gasteiger partial charge is 0.329 e. The van der Waals surface area contributed by atoms with Gasteiger partial charge in [-0.2, -0.15) is 5.10 Å². The number of halogens is 4. The summed E-state index contributed by atoms with van der Waals surface area (Å²) in [6.07, 6.45) is 3.56. The van der Waals surface area contributed by atoms with Gasteiger partial charge < -0.3 is 10.1 Å². The molecule has 0 saturated heterocycles. The lowest BCUT2D eigenvalue weighted by Gasteiger charge is -2.19. The highest BCUT2D eigenvalue weighted by molar-refractivity contribution is 7.90. The molecule has 0 radical (unpaired) electrons. The lowest BCUT2D eigenvalue weighted by Crippen LogP contribution is -2.40. The van der Waals surface area contributed by atoms with Gasteiger partial charge in [0, 0.05) is 20.6 Å². The number of carbonyl (C=O) groups excluding carboxylic acids is 1. The van der Waals surface area contributed by atoms with Crippen LogP contribution in [0.4, 0.5) is 9.18 Å². The van der Waals surface area contributed by atoms with Crippen LogP contribution in [0.15, 0.2) is 53.3 Å². The number of urea groups is 1. The third-order valence-corrected chi connectivity index (χ3v) is 7.96. The van der Waals surface area contributed by atoms with Crippen molar-refractivity contribution in [2.45, 2.75) is 30.7 Å². The Morgan fingerprint density at radius 3 is 2.59 bits per heavy atom. The minimum atomic E-state index is -4.33. The molecule has 8 nitrogen and oxygen atoms in total. The quantitative estimate of drug-likeness (QED) is 0.374. The maximum absolute atomic E-state index is 15.3. The van der Waals surface area contributed by atoms with Crippen LogP contribution in [-0.2, 0) is 23.0 Å². The minimum absolute atomic E-state index is 0.00165. The normalized spacial score (nSPS) is 14.6. The zero-order valence-electron chi connectivity index (χ0n) is 19.5. The number of sulfonamides is 1. The lowest BCUT2D eigenvalue weighted by atomic mass is 9.92. The van der Waals surface area contributed by atoms with E-state index in [9.17, 15) is 13.2 Å². The highest BCUT2D eigenvalue weighted by Crippen LogP contribution is 2.34. The summed E-state index contributed by atoms with van der Waals surface area (Å²) in [5.74, 6) is -0.598. The van der Waals surface area contributed by atoms with Gasteiger partial charge in [-0.05, 0) is 60.7 Å². The fourth-order valence-electron chi connectivity index (χ4n) is 4.06. The number of rotatable bonds is 7. The molecule has 0 unspecified atom stereocenters. The first-order valence-electron chi connectivity index (χ1n) is 11.1. The second kappa shape index (κ2) is 11.3. The van der Waals surface area contributed by atoms with Gasteiger partial charge in [0.05, 0.1) is 32.1 Å². The number of carbonyl (C=O) groups is 1. The van der Waals surface area contributed by atoms with Crippen LogP contribution >= 0.6 is 34.8 Å². The van der Waals surface area contributed by atoms with Crippen molar-refractivity contribution in [3.05, 3.63) is 80.3 Å². The molecule has 1 aliphatic rings. The molecule has 0 aliphatic heterocycles. The van der Waals surface area contributed by atoms with Crippen LogP contribution in [0.1, 0.15) is 29.7 Å². The first-order valence-corrected chi connectivity index (χ1v) is 13.7. The molecule has 0 atom stereocenters. The number of benzene rings is 2. The maximum atomic E-state index is 15.3. The molecule has 1 aromatic heterocycles. The van der Waals surface area contributed by atoms with Crippen molar-refractivity contribution < 1.29 is 22.3 Å². The number of allylic oxidation sites excluding steroid dienone is 1. The van der Waals surface area contributed by atoms with Gasteiger partial charge in [0.15, 0.2) is 0 Å². The van der Waals surface area contributed by atoms with Crippen molar-refractivity contribution in [3.63, 3.8) is 0 Å². The molecule has 1 heterocycles.